The summed E-state index contributed by atoms with van der Waals surface area (Å²) in [6.45, 7) is 7.23. The normalized spacial score (nSPS) is 12.0. The zero-order chi connectivity index (χ0) is 18.0. The zero-order valence-corrected chi connectivity index (χ0v) is 16.1. The first kappa shape index (κ1) is 22.9. The van der Waals surface area contributed by atoms with Gasteiger partial charge in [-0.15, -0.1) is 0 Å². The van der Waals surface area contributed by atoms with Crippen molar-refractivity contribution in [3.63, 3.8) is 0 Å². The molecule has 0 fully saturated rings. The van der Waals surface area contributed by atoms with E-state index in [1.165, 1.54) is 12.8 Å². The summed E-state index contributed by atoms with van der Waals surface area (Å²) in [6, 6.07) is 0. The molecule has 0 saturated carbocycles. The number of rotatable bonds is 16. The average Bonchev–Trinajstić information content (AvgIpc) is 2.57. The van der Waals surface area contributed by atoms with Crippen LogP contribution in [0.1, 0.15) is 97.8 Å². The molecule has 0 rings (SSSR count). The summed E-state index contributed by atoms with van der Waals surface area (Å²) in [6.07, 6.45) is 11.9. The third-order valence-corrected chi connectivity index (χ3v) is 4.34. The van der Waals surface area contributed by atoms with Crippen molar-refractivity contribution in [2.24, 2.45) is 5.92 Å². The maximum Gasteiger partial charge on any atom is 0.305 e. The predicted octanol–water partition coefficient (Wildman–Crippen LogP) is 5.43. The van der Waals surface area contributed by atoms with Gasteiger partial charge in [0.15, 0.2) is 0 Å². The van der Waals surface area contributed by atoms with E-state index in [0.29, 0.717) is 32.0 Å². The molecular formula is C20H38O4. The van der Waals surface area contributed by atoms with Crippen LogP contribution in [0.4, 0.5) is 0 Å². The fourth-order valence-electron chi connectivity index (χ4n) is 2.66. The van der Waals surface area contributed by atoms with Gasteiger partial charge in [0.2, 0.25) is 0 Å². The van der Waals surface area contributed by atoms with Crippen molar-refractivity contribution in [3.05, 3.63) is 0 Å². The van der Waals surface area contributed by atoms with E-state index in [2.05, 4.69) is 13.8 Å². The number of carbonyl (C=O) groups is 2. The van der Waals surface area contributed by atoms with Gasteiger partial charge in [-0.05, 0) is 32.1 Å². The molecule has 0 aliphatic heterocycles. The zero-order valence-electron chi connectivity index (χ0n) is 16.1. The molecule has 0 bridgehead atoms. The molecule has 0 aliphatic carbocycles. The summed E-state index contributed by atoms with van der Waals surface area (Å²) < 4.78 is 10.3. The number of carbonyl (C=O) groups excluding carboxylic acids is 2. The van der Waals surface area contributed by atoms with Gasteiger partial charge in [-0.3, -0.25) is 9.59 Å². The van der Waals surface area contributed by atoms with E-state index in [4.69, 9.17) is 9.47 Å². The molecule has 0 N–H and O–H groups in total. The molecule has 4 heteroatoms. The lowest BCUT2D eigenvalue weighted by Crippen LogP contribution is -2.13. The van der Waals surface area contributed by atoms with Crippen molar-refractivity contribution in [1.82, 2.24) is 0 Å². The maximum atomic E-state index is 11.7. The monoisotopic (exact) mass is 342 g/mol. The van der Waals surface area contributed by atoms with Crippen LogP contribution in [0.3, 0.4) is 0 Å². The molecule has 142 valence electrons. The van der Waals surface area contributed by atoms with Crippen molar-refractivity contribution < 1.29 is 19.1 Å². The second-order valence-corrected chi connectivity index (χ2v) is 6.53. The molecule has 0 radical (unpaired) electrons. The summed E-state index contributed by atoms with van der Waals surface area (Å²) in [7, 11) is 0. The number of ether oxygens (including phenoxy) is 2. The molecule has 0 heterocycles. The molecular weight excluding hydrogens is 304 g/mol. The lowest BCUT2D eigenvalue weighted by molar-refractivity contribution is -0.145. The van der Waals surface area contributed by atoms with Crippen molar-refractivity contribution in [3.8, 4) is 0 Å². The van der Waals surface area contributed by atoms with E-state index in [-0.39, 0.29) is 11.9 Å². The van der Waals surface area contributed by atoms with Gasteiger partial charge in [-0.1, -0.05) is 58.8 Å². The minimum absolute atomic E-state index is 0.0488. The Kier molecular flexibility index (Phi) is 16.0. The quantitative estimate of drug-likeness (QED) is 0.277. The number of hydrogen-bond acceptors (Lipinski definition) is 4. The first-order valence-electron chi connectivity index (χ1n) is 9.95. The fourth-order valence-corrected chi connectivity index (χ4v) is 2.66. The Bertz CT molecular complexity index is 315. The van der Waals surface area contributed by atoms with Gasteiger partial charge in [-0.25, -0.2) is 0 Å². The smallest absolute Gasteiger partial charge is 0.305 e. The molecule has 1 atom stereocenters. The summed E-state index contributed by atoms with van der Waals surface area (Å²) >= 11 is 0. The van der Waals surface area contributed by atoms with E-state index in [1.807, 2.05) is 6.92 Å². The van der Waals surface area contributed by atoms with Crippen LogP contribution in [0.15, 0.2) is 0 Å². The summed E-state index contributed by atoms with van der Waals surface area (Å²) in [5.41, 5.74) is 0. The second kappa shape index (κ2) is 16.8. The standard InChI is InChI=1S/C20H38O4/c1-4-7-14-18(5-2)17-24-20(22)16-13-11-9-8-10-12-15-19(21)23-6-3/h18H,4-17H2,1-3H3. The van der Waals surface area contributed by atoms with Crippen LogP contribution in [0.5, 0.6) is 0 Å². The molecule has 24 heavy (non-hydrogen) atoms. The van der Waals surface area contributed by atoms with Crippen LogP contribution < -0.4 is 0 Å². The van der Waals surface area contributed by atoms with E-state index >= 15 is 0 Å². The number of hydrogen-bond donors (Lipinski definition) is 0. The molecule has 0 aromatic carbocycles. The SMILES string of the molecule is CCCCC(CC)COC(=O)CCCCCCCCC(=O)OCC. The Morgan fingerprint density at radius 3 is 1.79 bits per heavy atom. The molecule has 1 unspecified atom stereocenters. The molecule has 0 spiro atoms. The highest BCUT2D eigenvalue weighted by Gasteiger charge is 2.09. The molecule has 0 aromatic rings. The van der Waals surface area contributed by atoms with Crippen molar-refractivity contribution in [2.75, 3.05) is 13.2 Å². The molecule has 0 aromatic heterocycles. The van der Waals surface area contributed by atoms with Crippen LogP contribution in [-0.2, 0) is 19.1 Å². The summed E-state index contributed by atoms with van der Waals surface area (Å²) in [4.78, 5) is 22.9. The third kappa shape index (κ3) is 14.5. The van der Waals surface area contributed by atoms with Gasteiger partial charge in [0, 0.05) is 12.8 Å². The van der Waals surface area contributed by atoms with Crippen molar-refractivity contribution in [2.45, 2.75) is 97.8 Å². The topological polar surface area (TPSA) is 52.6 Å². The van der Waals surface area contributed by atoms with E-state index in [9.17, 15) is 9.59 Å². The Labute approximate surface area is 148 Å². The molecule has 0 aliphatic rings. The predicted molar refractivity (Wildman–Crippen MR) is 97.8 cm³/mol. The van der Waals surface area contributed by atoms with Gasteiger partial charge < -0.3 is 9.47 Å². The lowest BCUT2D eigenvalue weighted by Gasteiger charge is -2.14. The second-order valence-electron chi connectivity index (χ2n) is 6.53. The van der Waals surface area contributed by atoms with Crippen LogP contribution in [0.2, 0.25) is 0 Å². The Morgan fingerprint density at radius 1 is 0.750 bits per heavy atom. The first-order chi connectivity index (χ1) is 11.6. The molecule has 0 saturated heterocycles. The highest BCUT2D eigenvalue weighted by Crippen LogP contribution is 2.14. The van der Waals surface area contributed by atoms with Crippen LogP contribution >= 0.6 is 0 Å². The lowest BCUT2D eigenvalue weighted by atomic mass is 10.0. The minimum Gasteiger partial charge on any atom is -0.466 e. The van der Waals surface area contributed by atoms with E-state index in [1.54, 1.807) is 0 Å². The molecule has 4 nitrogen and oxygen atoms in total. The van der Waals surface area contributed by atoms with Gasteiger partial charge >= 0.3 is 11.9 Å². The number of esters is 2. The van der Waals surface area contributed by atoms with Crippen LogP contribution in [0.25, 0.3) is 0 Å². The average molecular weight is 343 g/mol. The maximum absolute atomic E-state index is 11.7. The fraction of sp³-hybridized carbons (Fsp3) is 0.900. The Balaban J connectivity index is 3.44. The summed E-state index contributed by atoms with van der Waals surface area (Å²) in [5, 5.41) is 0. The Hall–Kier alpha value is -1.06. The largest absolute Gasteiger partial charge is 0.466 e. The number of unbranched alkanes of at least 4 members (excludes halogenated alkanes) is 6. The summed E-state index contributed by atoms with van der Waals surface area (Å²) in [5.74, 6) is 0.380. The van der Waals surface area contributed by atoms with Gasteiger partial charge in [-0.2, -0.15) is 0 Å². The van der Waals surface area contributed by atoms with Crippen molar-refractivity contribution >= 4 is 11.9 Å². The van der Waals surface area contributed by atoms with Gasteiger partial charge in [0.25, 0.3) is 0 Å². The van der Waals surface area contributed by atoms with Crippen LogP contribution in [-0.4, -0.2) is 25.2 Å². The minimum atomic E-state index is -0.0930. The van der Waals surface area contributed by atoms with E-state index in [0.717, 1.165) is 51.4 Å². The Morgan fingerprint density at radius 2 is 1.29 bits per heavy atom. The highest BCUT2D eigenvalue weighted by molar-refractivity contribution is 5.69. The van der Waals surface area contributed by atoms with Crippen LogP contribution in [0, 0.1) is 5.92 Å². The van der Waals surface area contributed by atoms with Crippen molar-refractivity contribution in [1.29, 1.82) is 0 Å². The molecule has 0 amide bonds. The van der Waals surface area contributed by atoms with Gasteiger partial charge in [0.1, 0.15) is 0 Å². The van der Waals surface area contributed by atoms with E-state index < -0.39 is 0 Å². The van der Waals surface area contributed by atoms with Gasteiger partial charge in [0.05, 0.1) is 13.2 Å². The first-order valence-corrected chi connectivity index (χ1v) is 9.95. The highest BCUT2D eigenvalue weighted by atomic mass is 16.5. The third-order valence-electron chi connectivity index (χ3n) is 4.34.